The van der Waals surface area contributed by atoms with Crippen LogP contribution in [0.2, 0.25) is 5.02 Å². The van der Waals surface area contributed by atoms with Gasteiger partial charge >= 0.3 is 0 Å². The van der Waals surface area contributed by atoms with Gasteiger partial charge in [-0.05, 0) is 24.6 Å². The molecule has 0 atom stereocenters. The van der Waals surface area contributed by atoms with Gasteiger partial charge in [-0.1, -0.05) is 30.7 Å². The summed E-state index contributed by atoms with van der Waals surface area (Å²) in [7, 11) is 0. The molecule has 2 N–H and O–H groups in total. The van der Waals surface area contributed by atoms with E-state index >= 15 is 0 Å². The third-order valence-corrected chi connectivity index (χ3v) is 3.52. The molecule has 2 rings (SSSR count). The number of carbonyl (C=O) groups excluding carboxylic acids is 1. The summed E-state index contributed by atoms with van der Waals surface area (Å²) in [5, 5.41) is 6.91. The number of anilines is 1. The summed E-state index contributed by atoms with van der Waals surface area (Å²) in [6, 6.07) is 5.90. The van der Waals surface area contributed by atoms with Gasteiger partial charge in [0.05, 0.1) is 17.3 Å². The smallest absolute Gasteiger partial charge is 0.239 e. The standard InChI is InChI=1S/C14H20ClN3O/c1-2-16-9-11-5-3-6-12(15)14(11)18-8-4-7-17-13(19)10-18/h3,5-6,16H,2,4,7-10H2,1H3,(H,17,19). The summed E-state index contributed by atoms with van der Waals surface area (Å²) >= 11 is 6.34. The normalized spacial score (nSPS) is 16.1. The molecule has 1 aromatic rings. The van der Waals surface area contributed by atoms with Crippen molar-refractivity contribution in [2.24, 2.45) is 0 Å². The summed E-state index contributed by atoms with van der Waals surface area (Å²) in [5.41, 5.74) is 2.13. The fraction of sp³-hybridized carbons (Fsp3) is 0.500. The maximum atomic E-state index is 11.7. The molecule has 19 heavy (non-hydrogen) atoms. The molecule has 1 aromatic carbocycles. The molecule has 104 valence electrons. The first-order chi connectivity index (χ1) is 9.22. The van der Waals surface area contributed by atoms with Crippen LogP contribution in [-0.2, 0) is 11.3 Å². The zero-order valence-corrected chi connectivity index (χ0v) is 12.0. The fourth-order valence-corrected chi connectivity index (χ4v) is 2.63. The third-order valence-electron chi connectivity index (χ3n) is 3.21. The van der Waals surface area contributed by atoms with Crippen molar-refractivity contribution in [1.29, 1.82) is 0 Å². The minimum Gasteiger partial charge on any atom is -0.361 e. The lowest BCUT2D eigenvalue weighted by Gasteiger charge is -2.25. The molecule has 5 heteroatoms. The van der Waals surface area contributed by atoms with Gasteiger partial charge in [-0.2, -0.15) is 0 Å². The van der Waals surface area contributed by atoms with Crippen LogP contribution in [0.15, 0.2) is 18.2 Å². The van der Waals surface area contributed by atoms with E-state index in [2.05, 4.69) is 28.5 Å². The summed E-state index contributed by atoms with van der Waals surface area (Å²) < 4.78 is 0. The van der Waals surface area contributed by atoms with E-state index in [9.17, 15) is 4.79 Å². The van der Waals surface area contributed by atoms with Crippen molar-refractivity contribution in [2.45, 2.75) is 19.9 Å². The van der Waals surface area contributed by atoms with Crippen molar-refractivity contribution in [2.75, 3.05) is 31.1 Å². The van der Waals surface area contributed by atoms with Crippen LogP contribution in [0.4, 0.5) is 5.69 Å². The van der Waals surface area contributed by atoms with E-state index in [0.29, 0.717) is 11.6 Å². The van der Waals surface area contributed by atoms with Crippen molar-refractivity contribution in [3.05, 3.63) is 28.8 Å². The lowest BCUT2D eigenvalue weighted by atomic mass is 10.1. The number of hydrogen-bond acceptors (Lipinski definition) is 3. The van der Waals surface area contributed by atoms with E-state index in [-0.39, 0.29) is 5.91 Å². The molecule has 0 unspecified atom stereocenters. The van der Waals surface area contributed by atoms with E-state index < -0.39 is 0 Å². The number of rotatable bonds is 4. The molecule has 0 radical (unpaired) electrons. The first-order valence-corrected chi connectivity index (χ1v) is 7.10. The molecule has 0 aromatic heterocycles. The van der Waals surface area contributed by atoms with Crippen LogP contribution in [0.1, 0.15) is 18.9 Å². The molecule has 1 amide bonds. The van der Waals surface area contributed by atoms with Gasteiger partial charge in [0.15, 0.2) is 0 Å². The van der Waals surface area contributed by atoms with Gasteiger partial charge in [0.2, 0.25) is 5.91 Å². The van der Waals surface area contributed by atoms with E-state index in [1.165, 1.54) is 0 Å². The van der Waals surface area contributed by atoms with Gasteiger partial charge in [0.1, 0.15) is 0 Å². The fourth-order valence-electron chi connectivity index (χ4n) is 2.31. The Morgan fingerprint density at radius 1 is 1.47 bits per heavy atom. The maximum absolute atomic E-state index is 11.7. The number of carbonyl (C=O) groups is 1. The van der Waals surface area contributed by atoms with Gasteiger partial charge in [-0.25, -0.2) is 0 Å². The SMILES string of the molecule is CCNCc1cccc(Cl)c1N1CCCNC(=O)C1. The van der Waals surface area contributed by atoms with Gasteiger partial charge < -0.3 is 15.5 Å². The Balaban J connectivity index is 2.27. The lowest BCUT2D eigenvalue weighted by Crippen LogP contribution is -2.34. The number of benzene rings is 1. The number of para-hydroxylation sites is 1. The predicted molar refractivity (Wildman–Crippen MR) is 78.7 cm³/mol. The Bertz CT molecular complexity index is 450. The van der Waals surface area contributed by atoms with Crippen LogP contribution in [-0.4, -0.2) is 32.1 Å². The van der Waals surface area contributed by atoms with Gasteiger partial charge in [0.25, 0.3) is 0 Å². The molecule has 0 saturated carbocycles. The highest BCUT2D eigenvalue weighted by atomic mass is 35.5. The quantitative estimate of drug-likeness (QED) is 0.884. The van der Waals surface area contributed by atoms with E-state index in [0.717, 1.165) is 43.9 Å². The number of nitrogens with one attached hydrogen (secondary N) is 2. The molecule has 1 aliphatic rings. The Hall–Kier alpha value is -1.26. The Morgan fingerprint density at radius 3 is 3.11 bits per heavy atom. The zero-order valence-electron chi connectivity index (χ0n) is 11.2. The van der Waals surface area contributed by atoms with Crippen molar-refractivity contribution >= 4 is 23.2 Å². The van der Waals surface area contributed by atoms with Crippen LogP contribution in [0.3, 0.4) is 0 Å². The topological polar surface area (TPSA) is 44.4 Å². The first-order valence-electron chi connectivity index (χ1n) is 6.72. The number of halogens is 1. The number of nitrogens with zero attached hydrogens (tertiary/aromatic N) is 1. The van der Waals surface area contributed by atoms with Crippen LogP contribution < -0.4 is 15.5 Å². The number of hydrogen-bond donors (Lipinski definition) is 2. The molecule has 4 nitrogen and oxygen atoms in total. The van der Waals surface area contributed by atoms with Crippen molar-refractivity contribution in [1.82, 2.24) is 10.6 Å². The predicted octanol–water partition coefficient (Wildman–Crippen LogP) is 1.78. The van der Waals surface area contributed by atoms with E-state index in [4.69, 9.17) is 11.6 Å². The molecular formula is C14H20ClN3O. The van der Waals surface area contributed by atoms with Crippen molar-refractivity contribution < 1.29 is 4.79 Å². The molecular weight excluding hydrogens is 262 g/mol. The zero-order chi connectivity index (χ0) is 13.7. The van der Waals surface area contributed by atoms with Gasteiger partial charge in [-0.3, -0.25) is 4.79 Å². The molecule has 1 heterocycles. The molecule has 1 saturated heterocycles. The summed E-state index contributed by atoms with van der Waals surface area (Å²) in [6.45, 7) is 5.72. The van der Waals surface area contributed by atoms with Crippen LogP contribution in [0.25, 0.3) is 0 Å². The maximum Gasteiger partial charge on any atom is 0.239 e. The van der Waals surface area contributed by atoms with Crippen molar-refractivity contribution in [3.63, 3.8) is 0 Å². The Kier molecular flexibility index (Phi) is 5.05. The highest BCUT2D eigenvalue weighted by molar-refractivity contribution is 6.33. The Labute approximate surface area is 119 Å². The molecule has 1 fully saturated rings. The number of amides is 1. The molecule has 1 aliphatic heterocycles. The summed E-state index contributed by atoms with van der Waals surface area (Å²) in [6.07, 6.45) is 0.942. The highest BCUT2D eigenvalue weighted by Crippen LogP contribution is 2.30. The van der Waals surface area contributed by atoms with E-state index in [1.54, 1.807) is 0 Å². The van der Waals surface area contributed by atoms with E-state index in [1.807, 2.05) is 12.1 Å². The third kappa shape index (κ3) is 3.61. The van der Waals surface area contributed by atoms with Crippen LogP contribution in [0, 0.1) is 0 Å². The first kappa shape index (κ1) is 14.2. The summed E-state index contributed by atoms with van der Waals surface area (Å²) in [5.74, 6) is 0.0619. The second-order valence-corrected chi connectivity index (χ2v) is 5.06. The largest absolute Gasteiger partial charge is 0.361 e. The van der Waals surface area contributed by atoms with Crippen LogP contribution in [0.5, 0.6) is 0 Å². The average molecular weight is 282 g/mol. The molecule has 0 bridgehead atoms. The lowest BCUT2D eigenvalue weighted by molar-refractivity contribution is -0.119. The minimum absolute atomic E-state index is 0.0619. The average Bonchev–Trinajstić information content (AvgIpc) is 2.61. The Morgan fingerprint density at radius 2 is 2.32 bits per heavy atom. The van der Waals surface area contributed by atoms with Gasteiger partial charge in [0, 0.05) is 19.6 Å². The molecule has 0 aliphatic carbocycles. The molecule has 0 spiro atoms. The minimum atomic E-state index is 0.0619. The second-order valence-electron chi connectivity index (χ2n) is 4.65. The highest BCUT2D eigenvalue weighted by Gasteiger charge is 2.19. The van der Waals surface area contributed by atoms with Crippen molar-refractivity contribution in [3.8, 4) is 0 Å². The van der Waals surface area contributed by atoms with Gasteiger partial charge in [-0.15, -0.1) is 0 Å². The summed E-state index contributed by atoms with van der Waals surface area (Å²) in [4.78, 5) is 13.8. The monoisotopic (exact) mass is 281 g/mol. The van der Waals surface area contributed by atoms with Crippen LogP contribution >= 0.6 is 11.6 Å². The second kappa shape index (κ2) is 6.78.